The molecule has 0 aliphatic carbocycles. The van der Waals surface area contributed by atoms with Crippen LogP contribution in [0.2, 0.25) is 10.0 Å². The van der Waals surface area contributed by atoms with E-state index in [-0.39, 0.29) is 0 Å². The number of hydrogen-bond acceptors (Lipinski definition) is 3. The van der Waals surface area contributed by atoms with Gasteiger partial charge in [0.15, 0.2) is 0 Å². The molecule has 0 atom stereocenters. The van der Waals surface area contributed by atoms with Crippen LogP contribution in [0.5, 0.6) is 0 Å². The van der Waals surface area contributed by atoms with Gasteiger partial charge in [0.25, 0.3) is 0 Å². The molecule has 1 aromatic heterocycles. The number of anilines is 1. The standard InChI is InChI=1S/C14H14Cl2N2S/c1-2-17-14-8-7-12(16)13(18-14)9-19-11-5-3-10(15)4-6-11/h3-8H,2,9H2,1H3,(H,17,18). The van der Waals surface area contributed by atoms with E-state index in [4.69, 9.17) is 23.2 Å². The lowest BCUT2D eigenvalue weighted by Gasteiger charge is -2.07. The van der Waals surface area contributed by atoms with Gasteiger partial charge in [-0.1, -0.05) is 23.2 Å². The van der Waals surface area contributed by atoms with Crippen LogP contribution in [0, 0.1) is 0 Å². The lowest BCUT2D eigenvalue weighted by Crippen LogP contribution is -2.01. The minimum atomic E-state index is 0.697. The quantitative estimate of drug-likeness (QED) is 0.776. The number of halogens is 2. The SMILES string of the molecule is CCNc1ccc(Cl)c(CSc2ccc(Cl)cc2)n1. The molecule has 0 fully saturated rings. The fourth-order valence-electron chi connectivity index (χ4n) is 1.55. The number of benzene rings is 1. The van der Waals surface area contributed by atoms with Crippen LogP contribution in [0.25, 0.3) is 0 Å². The molecular formula is C14H14Cl2N2S. The van der Waals surface area contributed by atoms with Crippen molar-refractivity contribution in [1.29, 1.82) is 0 Å². The molecule has 0 saturated heterocycles. The third-order valence-corrected chi connectivity index (χ3v) is 4.09. The Morgan fingerprint density at radius 1 is 1.11 bits per heavy atom. The van der Waals surface area contributed by atoms with Gasteiger partial charge in [-0.25, -0.2) is 4.98 Å². The van der Waals surface area contributed by atoms with Crippen molar-refractivity contribution in [3.05, 3.63) is 52.1 Å². The molecule has 1 N–H and O–H groups in total. The van der Waals surface area contributed by atoms with E-state index in [9.17, 15) is 0 Å². The van der Waals surface area contributed by atoms with Crippen LogP contribution in [0.1, 0.15) is 12.6 Å². The second kappa shape index (κ2) is 7.04. The largest absolute Gasteiger partial charge is 0.370 e. The Bertz CT molecular complexity index is 544. The zero-order valence-electron chi connectivity index (χ0n) is 10.5. The summed E-state index contributed by atoms with van der Waals surface area (Å²) < 4.78 is 0. The maximum absolute atomic E-state index is 6.16. The smallest absolute Gasteiger partial charge is 0.126 e. The van der Waals surface area contributed by atoms with Crippen LogP contribution in [0.4, 0.5) is 5.82 Å². The van der Waals surface area contributed by atoms with Gasteiger partial charge >= 0.3 is 0 Å². The number of rotatable bonds is 5. The molecule has 100 valence electrons. The summed E-state index contributed by atoms with van der Waals surface area (Å²) in [4.78, 5) is 5.65. The van der Waals surface area contributed by atoms with E-state index in [0.29, 0.717) is 5.02 Å². The summed E-state index contributed by atoms with van der Waals surface area (Å²) in [7, 11) is 0. The zero-order valence-corrected chi connectivity index (χ0v) is 12.8. The molecule has 0 spiro atoms. The third-order valence-electron chi connectivity index (χ3n) is 2.47. The molecule has 2 nitrogen and oxygen atoms in total. The predicted octanol–water partition coefficient (Wildman–Crippen LogP) is 5.11. The van der Waals surface area contributed by atoms with E-state index >= 15 is 0 Å². The van der Waals surface area contributed by atoms with Crippen LogP contribution in [-0.4, -0.2) is 11.5 Å². The maximum Gasteiger partial charge on any atom is 0.126 e. The van der Waals surface area contributed by atoms with E-state index in [2.05, 4.69) is 10.3 Å². The topological polar surface area (TPSA) is 24.9 Å². The van der Waals surface area contributed by atoms with Gasteiger partial charge in [-0.15, -0.1) is 11.8 Å². The normalized spacial score (nSPS) is 10.5. The van der Waals surface area contributed by atoms with E-state index in [1.807, 2.05) is 43.3 Å². The van der Waals surface area contributed by atoms with Gasteiger partial charge in [-0.2, -0.15) is 0 Å². The highest BCUT2D eigenvalue weighted by Gasteiger charge is 2.05. The first-order valence-corrected chi connectivity index (χ1v) is 7.71. The maximum atomic E-state index is 6.16. The minimum absolute atomic E-state index is 0.697. The fourth-order valence-corrected chi connectivity index (χ4v) is 2.78. The second-order valence-electron chi connectivity index (χ2n) is 3.90. The first-order valence-electron chi connectivity index (χ1n) is 5.96. The number of aromatic nitrogens is 1. The number of nitrogens with one attached hydrogen (secondary N) is 1. The molecule has 0 unspecified atom stereocenters. The van der Waals surface area contributed by atoms with Crippen molar-refractivity contribution < 1.29 is 0 Å². The van der Waals surface area contributed by atoms with Crippen molar-refractivity contribution in [2.45, 2.75) is 17.6 Å². The molecule has 0 aliphatic heterocycles. The summed E-state index contributed by atoms with van der Waals surface area (Å²) in [6.07, 6.45) is 0. The van der Waals surface area contributed by atoms with Crippen LogP contribution >= 0.6 is 35.0 Å². The Balaban J connectivity index is 2.05. The highest BCUT2D eigenvalue weighted by molar-refractivity contribution is 7.98. The molecule has 1 heterocycles. The highest BCUT2D eigenvalue weighted by atomic mass is 35.5. The second-order valence-corrected chi connectivity index (χ2v) is 5.79. The van der Waals surface area contributed by atoms with E-state index in [1.54, 1.807) is 11.8 Å². The van der Waals surface area contributed by atoms with Crippen LogP contribution in [-0.2, 0) is 5.75 Å². The Hall–Kier alpha value is -0.900. The monoisotopic (exact) mass is 312 g/mol. The number of thioether (sulfide) groups is 1. The number of pyridine rings is 1. The fraction of sp³-hybridized carbons (Fsp3) is 0.214. The summed E-state index contributed by atoms with van der Waals surface area (Å²) in [6.45, 7) is 2.89. The van der Waals surface area contributed by atoms with Crippen molar-refractivity contribution in [2.75, 3.05) is 11.9 Å². The summed E-state index contributed by atoms with van der Waals surface area (Å²) in [5.41, 5.74) is 0.889. The molecule has 0 aliphatic rings. The molecule has 0 bridgehead atoms. The molecular weight excluding hydrogens is 299 g/mol. The van der Waals surface area contributed by atoms with Gasteiger partial charge in [-0.05, 0) is 43.3 Å². The van der Waals surface area contributed by atoms with Gasteiger partial charge in [0.2, 0.25) is 0 Å². The Kier molecular flexibility index (Phi) is 5.37. The van der Waals surface area contributed by atoms with Crippen molar-refractivity contribution in [3.63, 3.8) is 0 Å². The van der Waals surface area contributed by atoms with Gasteiger partial charge in [0.05, 0.1) is 10.7 Å². The van der Waals surface area contributed by atoms with Crippen LogP contribution in [0.15, 0.2) is 41.3 Å². The van der Waals surface area contributed by atoms with E-state index in [0.717, 1.165) is 33.7 Å². The average molecular weight is 313 g/mol. The van der Waals surface area contributed by atoms with Crippen LogP contribution in [0.3, 0.4) is 0 Å². The van der Waals surface area contributed by atoms with Gasteiger partial charge in [0.1, 0.15) is 5.82 Å². The molecule has 1 aromatic carbocycles. The minimum Gasteiger partial charge on any atom is -0.370 e. The van der Waals surface area contributed by atoms with Crippen molar-refractivity contribution >= 4 is 40.8 Å². The van der Waals surface area contributed by atoms with E-state index in [1.165, 1.54) is 0 Å². The number of nitrogens with zero attached hydrogens (tertiary/aromatic N) is 1. The average Bonchev–Trinajstić information content (AvgIpc) is 2.41. The summed E-state index contributed by atoms with van der Waals surface area (Å²) in [5.74, 6) is 1.60. The summed E-state index contributed by atoms with van der Waals surface area (Å²) in [5, 5.41) is 4.63. The first-order chi connectivity index (χ1) is 9.19. The molecule has 5 heteroatoms. The molecule has 19 heavy (non-hydrogen) atoms. The third kappa shape index (κ3) is 4.30. The lowest BCUT2D eigenvalue weighted by atomic mass is 10.3. The van der Waals surface area contributed by atoms with Gasteiger partial charge in [0, 0.05) is 22.2 Å². The molecule has 2 rings (SSSR count). The highest BCUT2D eigenvalue weighted by Crippen LogP contribution is 2.27. The van der Waals surface area contributed by atoms with Gasteiger partial charge in [-0.3, -0.25) is 0 Å². The van der Waals surface area contributed by atoms with Crippen molar-refractivity contribution in [2.24, 2.45) is 0 Å². The molecule has 0 radical (unpaired) electrons. The molecule has 0 saturated carbocycles. The van der Waals surface area contributed by atoms with Crippen LogP contribution < -0.4 is 5.32 Å². The summed E-state index contributed by atoms with van der Waals surface area (Å²) in [6, 6.07) is 11.5. The lowest BCUT2D eigenvalue weighted by molar-refractivity contribution is 1.11. The van der Waals surface area contributed by atoms with Crippen molar-refractivity contribution in [1.82, 2.24) is 4.98 Å². The first kappa shape index (κ1) is 14.5. The van der Waals surface area contributed by atoms with Gasteiger partial charge < -0.3 is 5.32 Å². The summed E-state index contributed by atoms with van der Waals surface area (Å²) >= 11 is 13.7. The van der Waals surface area contributed by atoms with Crippen molar-refractivity contribution in [3.8, 4) is 0 Å². The number of hydrogen-bond donors (Lipinski definition) is 1. The molecule has 0 amide bonds. The molecule has 2 aromatic rings. The Morgan fingerprint density at radius 2 is 1.84 bits per heavy atom. The predicted molar refractivity (Wildman–Crippen MR) is 84.4 cm³/mol. The van der Waals surface area contributed by atoms with E-state index < -0.39 is 0 Å². The zero-order chi connectivity index (χ0) is 13.7. The Morgan fingerprint density at radius 3 is 2.53 bits per heavy atom. The Labute approximate surface area is 127 Å².